The van der Waals surface area contributed by atoms with Crippen LogP contribution in [-0.2, 0) is 4.79 Å². The minimum atomic E-state index is -0.448. The Labute approximate surface area is 156 Å². The Morgan fingerprint density at radius 1 is 1.33 bits per heavy atom. The number of benzene rings is 1. The number of thiophene rings is 1. The van der Waals surface area contributed by atoms with Gasteiger partial charge in [0.15, 0.2) is 0 Å². The summed E-state index contributed by atoms with van der Waals surface area (Å²) >= 11 is 14.6. The third-order valence-corrected chi connectivity index (χ3v) is 5.33. The van der Waals surface area contributed by atoms with Crippen LogP contribution in [0.1, 0.15) is 6.92 Å². The van der Waals surface area contributed by atoms with E-state index in [0.717, 1.165) is 4.88 Å². The quantitative estimate of drug-likeness (QED) is 0.595. The van der Waals surface area contributed by atoms with Gasteiger partial charge in [-0.15, -0.1) is 21.5 Å². The van der Waals surface area contributed by atoms with Gasteiger partial charge in [-0.3, -0.25) is 4.79 Å². The summed E-state index contributed by atoms with van der Waals surface area (Å²) in [6, 6.07) is 8.68. The molecule has 5 nitrogen and oxygen atoms in total. The minimum absolute atomic E-state index is 0.236. The smallest absolute Gasteiger partial charge is 0.277 e. The molecule has 24 heavy (non-hydrogen) atoms. The summed E-state index contributed by atoms with van der Waals surface area (Å²) in [5, 5.41) is 13.4. The summed E-state index contributed by atoms with van der Waals surface area (Å²) in [6.45, 7) is 1.74. The molecule has 0 aliphatic rings. The Morgan fingerprint density at radius 2 is 2.17 bits per heavy atom. The summed E-state index contributed by atoms with van der Waals surface area (Å²) < 4.78 is 5.57. The van der Waals surface area contributed by atoms with Gasteiger partial charge in [-0.1, -0.05) is 41.0 Å². The van der Waals surface area contributed by atoms with E-state index >= 15 is 0 Å². The Balaban J connectivity index is 1.65. The molecule has 124 valence electrons. The van der Waals surface area contributed by atoms with Gasteiger partial charge < -0.3 is 9.73 Å². The van der Waals surface area contributed by atoms with Crippen molar-refractivity contribution < 1.29 is 9.21 Å². The molecule has 0 saturated carbocycles. The molecule has 2 aromatic heterocycles. The highest BCUT2D eigenvalue weighted by Gasteiger charge is 2.20. The molecule has 0 bridgehead atoms. The predicted octanol–water partition coefficient (Wildman–Crippen LogP) is 5.22. The first-order chi connectivity index (χ1) is 11.5. The Hall–Kier alpha value is -1.54. The maximum absolute atomic E-state index is 12.3. The zero-order valence-electron chi connectivity index (χ0n) is 12.3. The number of aromatic nitrogens is 2. The van der Waals surface area contributed by atoms with Crippen molar-refractivity contribution in [3.63, 3.8) is 0 Å². The van der Waals surface area contributed by atoms with Gasteiger partial charge in [0.25, 0.3) is 11.1 Å². The zero-order valence-corrected chi connectivity index (χ0v) is 15.5. The lowest BCUT2D eigenvalue weighted by molar-refractivity contribution is -0.115. The molecule has 0 fully saturated rings. The molecule has 0 saturated heterocycles. The third kappa shape index (κ3) is 4.10. The van der Waals surface area contributed by atoms with E-state index in [-0.39, 0.29) is 5.91 Å². The molecule has 1 aromatic carbocycles. The molecule has 0 radical (unpaired) electrons. The number of nitrogens with one attached hydrogen (secondary N) is 1. The number of thioether (sulfide) groups is 1. The van der Waals surface area contributed by atoms with Crippen LogP contribution in [0.3, 0.4) is 0 Å². The van der Waals surface area contributed by atoms with Gasteiger partial charge in [-0.2, -0.15) is 0 Å². The summed E-state index contributed by atoms with van der Waals surface area (Å²) in [7, 11) is 0. The molecular weight excluding hydrogens is 389 g/mol. The minimum Gasteiger partial charge on any atom is -0.410 e. The fourth-order valence-electron chi connectivity index (χ4n) is 1.79. The van der Waals surface area contributed by atoms with E-state index < -0.39 is 5.25 Å². The first-order valence-electron chi connectivity index (χ1n) is 6.83. The highest BCUT2D eigenvalue weighted by atomic mass is 35.5. The van der Waals surface area contributed by atoms with E-state index in [2.05, 4.69) is 15.5 Å². The number of amides is 1. The SMILES string of the molecule is CC(Sc1nnc(-c2cccs2)o1)C(=O)Nc1cc(Cl)ccc1Cl. The fraction of sp³-hybridized carbons (Fsp3) is 0.133. The molecule has 0 aliphatic heterocycles. The van der Waals surface area contributed by atoms with Gasteiger partial charge in [0.2, 0.25) is 5.91 Å². The van der Waals surface area contributed by atoms with E-state index in [9.17, 15) is 4.79 Å². The number of carbonyl (C=O) groups is 1. The van der Waals surface area contributed by atoms with Gasteiger partial charge in [0.1, 0.15) is 0 Å². The van der Waals surface area contributed by atoms with Gasteiger partial charge in [-0.05, 0) is 36.6 Å². The molecule has 0 spiro atoms. The lowest BCUT2D eigenvalue weighted by Gasteiger charge is -2.11. The van der Waals surface area contributed by atoms with E-state index in [4.69, 9.17) is 27.6 Å². The van der Waals surface area contributed by atoms with Crippen molar-refractivity contribution in [2.45, 2.75) is 17.4 Å². The second-order valence-corrected chi connectivity index (χ2v) is 7.81. The number of anilines is 1. The van der Waals surface area contributed by atoms with Crippen LogP contribution >= 0.6 is 46.3 Å². The molecule has 2 heterocycles. The highest BCUT2D eigenvalue weighted by Crippen LogP contribution is 2.30. The summed E-state index contributed by atoms with van der Waals surface area (Å²) in [5.41, 5.74) is 0.464. The molecule has 1 N–H and O–H groups in total. The zero-order chi connectivity index (χ0) is 17.1. The standard InChI is InChI=1S/C15H11Cl2N3O2S2/c1-8(13(21)18-11-7-9(16)4-5-10(11)17)24-15-20-19-14(22-15)12-3-2-6-23-12/h2-8H,1H3,(H,18,21). The lowest BCUT2D eigenvalue weighted by atomic mass is 10.3. The first kappa shape index (κ1) is 17.3. The Kier molecular flexibility index (Phi) is 5.45. The van der Waals surface area contributed by atoms with Gasteiger partial charge in [0.05, 0.1) is 20.8 Å². The number of hydrogen-bond acceptors (Lipinski definition) is 6. The number of hydrogen-bond donors (Lipinski definition) is 1. The van der Waals surface area contributed by atoms with Crippen molar-refractivity contribution in [3.8, 4) is 10.8 Å². The van der Waals surface area contributed by atoms with Crippen LogP contribution in [-0.4, -0.2) is 21.4 Å². The number of nitrogens with zero attached hydrogens (tertiary/aromatic N) is 2. The summed E-state index contributed by atoms with van der Waals surface area (Å²) in [5.74, 6) is 0.207. The number of rotatable bonds is 5. The second-order valence-electron chi connectivity index (χ2n) is 4.72. The normalized spacial score (nSPS) is 12.1. The topological polar surface area (TPSA) is 68.0 Å². The molecule has 9 heteroatoms. The van der Waals surface area contributed by atoms with Crippen LogP contribution in [0.5, 0.6) is 0 Å². The summed E-state index contributed by atoms with van der Waals surface area (Å²) in [6.07, 6.45) is 0. The van der Waals surface area contributed by atoms with Crippen molar-refractivity contribution in [1.82, 2.24) is 10.2 Å². The van der Waals surface area contributed by atoms with E-state index in [1.807, 2.05) is 17.5 Å². The van der Waals surface area contributed by atoms with Gasteiger partial charge >= 0.3 is 0 Å². The Morgan fingerprint density at radius 3 is 2.92 bits per heavy atom. The summed E-state index contributed by atoms with van der Waals surface area (Å²) in [4.78, 5) is 13.2. The lowest BCUT2D eigenvalue weighted by Crippen LogP contribution is -2.22. The molecule has 1 amide bonds. The van der Waals surface area contributed by atoms with Crippen LogP contribution in [0.15, 0.2) is 45.4 Å². The van der Waals surface area contributed by atoms with Crippen molar-refractivity contribution in [3.05, 3.63) is 45.8 Å². The second kappa shape index (κ2) is 7.57. The molecule has 1 atom stereocenters. The predicted molar refractivity (Wildman–Crippen MR) is 98.0 cm³/mol. The van der Waals surface area contributed by atoms with Crippen LogP contribution < -0.4 is 5.32 Å². The monoisotopic (exact) mass is 399 g/mol. The van der Waals surface area contributed by atoms with Crippen molar-refractivity contribution in [2.75, 3.05) is 5.32 Å². The third-order valence-electron chi connectivity index (χ3n) is 2.97. The van der Waals surface area contributed by atoms with Crippen LogP contribution in [0.25, 0.3) is 10.8 Å². The van der Waals surface area contributed by atoms with E-state index in [1.54, 1.807) is 25.1 Å². The molecule has 1 unspecified atom stereocenters. The molecule has 3 rings (SSSR count). The van der Waals surface area contributed by atoms with Crippen molar-refractivity contribution >= 4 is 57.9 Å². The van der Waals surface area contributed by atoms with Crippen LogP contribution in [0.4, 0.5) is 5.69 Å². The largest absolute Gasteiger partial charge is 0.410 e. The molecular formula is C15H11Cl2N3O2S2. The first-order valence-corrected chi connectivity index (χ1v) is 9.34. The maximum Gasteiger partial charge on any atom is 0.277 e. The highest BCUT2D eigenvalue weighted by molar-refractivity contribution is 8.00. The average Bonchev–Trinajstić information content (AvgIpc) is 3.21. The number of halogens is 2. The molecule has 3 aromatic rings. The van der Waals surface area contributed by atoms with Gasteiger partial charge in [-0.25, -0.2) is 0 Å². The molecule has 0 aliphatic carbocycles. The van der Waals surface area contributed by atoms with E-state index in [1.165, 1.54) is 23.1 Å². The number of carbonyl (C=O) groups excluding carboxylic acids is 1. The Bertz CT molecular complexity index is 852. The van der Waals surface area contributed by atoms with Crippen LogP contribution in [0, 0.1) is 0 Å². The van der Waals surface area contributed by atoms with Crippen LogP contribution in [0.2, 0.25) is 10.0 Å². The van der Waals surface area contributed by atoms with Gasteiger partial charge in [0, 0.05) is 5.02 Å². The average molecular weight is 400 g/mol. The fourth-order valence-corrected chi connectivity index (χ4v) is 3.45. The maximum atomic E-state index is 12.3. The van der Waals surface area contributed by atoms with E-state index in [0.29, 0.717) is 26.8 Å². The van der Waals surface area contributed by atoms with Crippen molar-refractivity contribution in [2.24, 2.45) is 0 Å². The van der Waals surface area contributed by atoms with Crippen molar-refractivity contribution in [1.29, 1.82) is 0 Å².